The predicted octanol–water partition coefficient (Wildman–Crippen LogP) is 6.82. The number of fused-ring (bicyclic) bond motifs is 6. The number of anilines is 2. The van der Waals surface area contributed by atoms with E-state index >= 15 is 0 Å². The number of nitrogens with zero attached hydrogens (tertiary/aromatic N) is 1. The van der Waals surface area contributed by atoms with Crippen molar-refractivity contribution in [1.29, 1.82) is 0 Å². The molecule has 2 aliphatic rings. The number of phenols is 1. The average Bonchev–Trinajstić information content (AvgIpc) is 3.23. The summed E-state index contributed by atoms with van der Waals surface area (Å²) in [5, 5.41) is 18.0. The third kappa shape index (κ3) is 4.02. The van der Waals surface area contributed by atoms with E-state index in [4.69, 9.17) is 10.5 Å². The minimum Gasteiger partial charge on any atom is -0.508 e. The van der Waals surface area contributed by atoms with Gasteiger partial charge in [-0.2, -0.15) is 0 Å². The summed E-state index contributed by atoms with van der Waals surface area (Å²) in [6.07, 6.45) is 0.466. The van der Waals surface area contributed by atoms with E-state index in [1.54, 1.807) is 12.1 Å². The van der Waals surface area contributed by atoms with E-state index in [9.17, 15) is 9.90 Å². The summed E-state index contributed by atoms with van der Waals surface area (Å²) in [5.74, 6) is 1.41. The number of carbonyl (C=O) groups is 1. The molecule has 2 heterocycles. The molecule has 5 N–H and O–H groups in total. The fourth-order valence-corrected chi connectivity index (χ4v) is 6.81. The monoisotopic (exact) mass is 562 g/mol. The Kier molecular flexibility index (Phi) is 7.07. The molecule has 0 radical (unpaired) electrons. The van der Waals surface area contributed by atoms with Crippen molar-refractivity contribution in [1.82, 2.24) is 4.90 Å². The molecule has 4 aromatic rings. The number of para-hydroxylation sites is 1. The van der Waals surface area contributed by atoms with Crippen molar-refractivity contribution in [3.05, 3.63) is 112 Å². The molecule has 6 rings (SSSR count). The van der Waals surface area contributed by atoms with Crippen LogP contribution in [0.15, 0.2) is 72.8 Å². The third-order valence-electron chi connectivity index (χ3n) is 8.56. The second-order valence-electron chi connectivity index (χ2n) is 11.1. The van der Waals surface area contributed by atoms with Crippen LogP contribution >= 0.6 is 0 Å². The fraction of sp³-hybridized carbons (Fsp3) is 0.286. The van der Waals surface area contributed by atoms with Crippen LogP contribution in [-0.2, 0) is 5.54 Å². The number of phenolic OH excluding ortho intramolecular Hbond substituents is 1. The molecule has 2 aliphatic heterocycles. The summed E-state index contributed by atoms with van der Waals surface area (Å²) in [5.41, 5.74) is 13.3. The molecule has 7 heteroatoms. The first-order valence-electron chi connectivity index (χ1n) is 14.7. The molecule has 1 unspecified atom stereocenters. The summed E-state index contributed by atoms with van der Waals surface area (Å²) >= 11 is 0. The van der Waals surface area contributed by atoms with Crippen LogP contribution in [0.3, 0.4) is 0 Å². The Morgan fingerprint density at radius 1 is 0.857 bits per heavy atom. The van der Waals surface area contributed by atoms with E-state index in [2.05, 4.69) is 56.5 Å². The molecule has 42 heavy (non-hydrogen) atoms. The van der Waals surface area contributed by atoms with Crippen molar-refractivity contribution in [2.75, 3.05) is 30.3 Å². The zero-order valence-corrected chi connectivity index (χ0v) is 24.6. The number of amides is 1. The smallest absolute Gasteiger partial charge is 0.256 e. The van der Waals surface area contributed by atoms with Crippen LogP contribution in [0.5, 0.6) is 17.2 Å². The zero-order valence-electron chi connectivity index (χ0n) is 24.6. The van der Waals surface area contributed by atoms with E-state index in [0.717, 1.165) is 52.3 Å². The van der Waals surface area contributed by atoms with Crippen molar-refractivity contribution >= 4 is 17.3 Å². The second-order valence-corrected chi connectivity index (χ2v) is 11.1. The molecule has 0 bridgehead atoms. The lowest BCUT2D eigenvalue weighted by molar-refractivity contribution is 0.0521. The van der Waals surface area contributed by atoms with E-state index in [1.165, 1.54) is 0 Å². The Hall–Kier alpha value is -4.49. The molecular formula is C35H38N4O3. The third-order valence-corrected chi connectivity index (χ3v) is 8.56. The zero-order chi connectivity index (χ0) is 29.6. The highest BCUT2D eigenvalue weighted by molar-refractivity contribution is 6.03. The van der Waals surface area contributed by atoms with E-state index in [0.29, 0.717) is 35.6 Å². The summed E-state index contributed by atoms with van der Waals surface area (Å²) < 4.78 is 6.72. The van der Waals surface area contributed by atoms with Crippen LogP contribution in [0.25, 0.3) is 0 Å². The van der Waals surface area contributed by atoms with Crippen LogP contribution in [0.4, 0.5) is 11.4 Å². The Balaban J connectivity index is 1.75. The standard InChI is InChI=1S/C35H38N4O3/c1-5-37-28-19-32-26(17-21(28)3)35(27-18-22(4)29(38-6-2)20-33(27)42-32)25-13-9-7-11-23(25)34(41)39(35)30(15-16-36)24-12-8-10-14-31(24)40/h7-14,17-20,30,37-38,40H,5-6,15-16,36H2,1-4H3. The number of hydrogen-bond acceptors (Lipinski definition) is 6. The summed E-state index contributed by atoms with van der Waals surface area (Å²) in [6, 6.07) is 23.0. The van der Waals surface area contributed by atoms with Gasteiger partial charge in [-0.1, -0.05) is 36.4 Å². The van der Waals surface area contributed by atoms with Crippen molar-refractivity contribution in [2.24, 2.45) is 5.73 Å². The molecule has 1 spiro atoms. The van der Waals surface area contributed by atoms with Crippen molar-refractivity contribution in [3.63, 3.8) is 0 Å². The highest BCUT2D eigenvalue weighted by Gasteiger charge is 2.58. The van der Waals surface area contributed by atoms with Gasteiger partial charge < -0.3 is 31.1 Å². The Morgan fingerprint density at radius 3 is 2.00 bits per heavy atom. The molecule has 0 aliphatic carbocycles. The maximum absolute atomic E-state index is 14.7. The van der Waals surface area contributed by atoms with Gasteiger partial charge in [-0.15, -0.1) is 0 Å². The van der Waals surface area contributed by atoms with Gasteiger partial charge in [0.15, 0.2) is 0 Å². The number of carbonyl (C=O) groups excluding carboxylic acids is 1. The first-order valence-corrected chi connectivity index (χ1v) is 14.7. The summed E-state index contributed by atoms with van der Waals surface area (Å²) in [6.45, 7) is 10.2. The van der Waals surface area contributed by atoms with Gasteiger partial charge in [0, 0.05) is 58.9 Å². The quantitative estimate of drug-likeness (QED) is 0.188. The average molecular weight is 563 g/mol. The van der Waals surface area contributed by atoms with Crippen molar-refractivity contribution < 1.29 is 14.6 Å². The Labute approximate surface area is 247 Å². The van der Waals surface area contributed by atoms with Crippen molar-refractivity contribution in [2.45, 2.75) is 45.7 Å². The maximum Gasteiger partial charge on any atom is 0.256 e. The molecule has 1 atom stereocenters. The minimum absolute atomic E-state index is 0.104. The number of rotatable bonds is 8. The molecule has 0 aromatic heterocycles. The highest BCUT2D eigenvalue weighted by atomic mass is 16.5. The largest absolute Gasteiger partial charge is 0.508 e. The fourth-order valence-electron chi connectivity index (χ4n) is 6.81. The molecule has 7 nitrogen and oxygen atoms in total. The number of aryl methyl sites for hydroxylation is 2. The summed E-state index contributed by atoms with van der Waals surface area (Å²) in [4.78, 5) is 16.7. The number of aromatic hydroxyl groups is 1. The Morgan fingerprint density at radius 2 is 1.43 bits per heavy atom. The normalized spacial score (nSPS) is 15.1. The van der Waals surface area contributed by atoms with E-state index in [1.807, 2.05) is 47.4 Å². The van der Waals surface area contributed by atoms with Gasteiger partial charge in [0.25, 0.3) is 5.91 Å². The molecule has 0 saturated heterocycles. The van der Waals surface area contributed by atoms with Gasteiger partial charge in [-0.25, -0.2) is 0 Å². The maximum atomic E-state index is 14.7. The number of benzene rings is 4. The van der Waals surface area contributed by atoms with Gasteiger partial charge in [-0.05, 0) is 81.6 Å². The van der Waals surface area contributed by atoms with Crippen LogP contribution in [0.2, 0.25) is 0 Å². The van der Waals surface area contributed by atoms with Crippen LogP contribution in [0.1, 0.15) is 70.0 Å². The SMILES string of the molecule is CCNc1cc2c(cc1C)C1(c3cc(C)c(NCC)cc3O2)c2ccccc2C(=O)N1C(CCN)c1ccccc1O. The number of nitrogens with one attached hydrogen (secondary N) is 2. The molecule has 0 saturated carbocycles. The minimum atomic E-state index is -1.02. The molecule has 1 amide bonds. The molecular weight excluding hydrogens is 524 g/mol. The molecule has 4 aromatic carbocycles. The lowest BCUT2D eigenvalue weighted by atomic mass is 9.73. The highest BCUT2D eigenvalue weighted by Crippen LogP contribution is 2.61. The van der Waals surface area contributed by atoms with Crippen LogP contribution in [0, 0.1) is 13.8 Å². The lowest BCUT2D eigenvalue weighted by Gasteiger charge is -2.48. The lowest BCUT2D eigenvalue weighted by Crippen LogP contribution is -2.49. The van der Waals surface area contributed by atoms with Gasteiger partial charge in [0.05, 0.1) is 6.04 Å². The number of hydrogen-bond donors (Lipinski definition) is 4. The van der Waals surface area contributed by atoms with E-state index < -0.39 is 11.6 Å². The summed E-state index contributed by atoms with van der Waals surface area (Å²) in [7, 11) is 0. The number of nitrogens with two attached hydrogens (primary N) is 1. The topological polar surface area (TPSA) is 99.9 Å². The van der Waals surface area contributed by atoms with Gasteiger partial charge in [0.2, 0.25) is 0 Å². The van der Waals surface area contributed by atoms with Gasteiger partial charge in [0.1, 0.15) is 22.8 Å². The first kappa shape index (κ1) is 27.7. The van der Waals surface area contributed by atoms with Crippen LogP contribution in [-0.4, -0.2) is 35.5 Å². The molecule has 0 fully saturated rings. The second kappa shape index (κ2) is 10.7. The van der Waals surface area contributed by atoms with E-state index in [-0.39, 0.29) is 11.7 Å². The number of ether oxygens (including phenoxy) is 1. The van der Waals surface area contributed by atoms with Crippen LogP contribution < -0.4 is 21.1 Å². The van der Waals surface area contributed by atoms with Gasteiger partial charge >= 0.3 is 0 Å². The predicted molar refractivity (Wildman–Crippen MR) is 168 cm³/mol. The Bertz CT molecular complexity index is 1620. The molecule has 216 valence electrons. The van der Waals surface area contributed by atoms with Crippen molar-refractivity contribution in [3.8, 4) is 17.2 Å². The van der Waals surface area contributed by atoms with Gasteiger partial charge in [-0.3, -0.25) is 4.79 Å². The first-order chi connectivity index (χ1) is 20.4.